The van der Waals surface area contributed by atoms with Crippen LogP contribution < -0.4 is 10.9 Å². The highest BCUT2D eigenvalue weighted by atomic mass is 16.2. The second kappa shape index (κ2) is 7.90. The number of aromatic amines is 1. The van der Waals surface area contributed by atoms with E-state index in [-0.39, 0.29) is 17.0 Å². The molecule has 1 amide bonds. The van der Waals surface area contributed by atoms with Crippen LogP contribution in [-0.2, 0) is 6.54 Å². The van der Waals surface area contributed by atoms with E-state index < -0.39 is 0 Å². The molecule has 6 rings (SSSR count). The Balaban J connectivity index is 1.18. The predicted octanol–water partition coefficient (Wildman–Crippen LogP) is 3.41. The molecule has 1 aromatic rings. The molecule has 5 nitrogen and oxygen atoms in total. The van der Waals surface area contributed by atoms with E-state index in [1.54, 1.807) is 6.07 Å². The molecule has 4 aliphatic carbocycles. The van der Waals surface area contributed by atoms with Crippen molar-refractivity contribution in [2.45, 2.75) is 58.4 Å². The highest BCUT2D eigenvalue weighted by molar-refractivity contribution is 5.93. The fourth-order valence-corrected chi connectivity index (χ4v) is 7.13. The molecule has 1 unspecified atom stereocenters. The molecule has 1 atom stereocenters. The average molecular weight is 398 g/mol. The molecule has 29 heavy (non-hydrogen) atoms. The molecule has 5 heteroatoms. The molecule has 0 spiro atoms. The number of amides is 1. The van der Waals surface area contributed by atoms with Crippen molar-refractivity contribution in [3.8, 4) is 0 Å². The molecular formula is C24H35N3O2. The molecule has 0 aromatic carbocycles. The normalized spacial score (nSPS) is 36.3. The van der Waals surface area contributed by atoms with Gasteiger partial charge in [0.15, 0.2) is 0 Å². The van der Waals surface area contributed by atoms with Gasteiger partial charge in [-0.2, -0.15) is 0 Å². The van der Waals surface area contributed by atoms with Crippen molar-refractivity contribution >= 4 is 5.91 Å². The van der Waals surface area contributed by atoms with Crippen molar-refractivity contribution in [1.82, 2.24) is 15.2 Å². The van der Waals surface area contributed by atoms with Crippen LogP contribution in [0, 0.1) is 35.5 Å². The Morgan fingerprint density at radius 1 is 1.14 bits per heavy atom. The number of piperidine rings is 1. The van der Waals surface area contributed by atoms with Gasteiger partial charge in [0.05, 0.1) is 0 Å². The van der Waals surface area contributed by atoms with E-state index in [9.17, 15) is 9.59 Å². The fraction of sp³-hybridized carbons (Fsp3) is 0.750. The first-order valence-corrected chi connectivity index (χ1v) is 11.8. The van der Waals surface area contributed by atoms with Gasteiger partial charge >= 0.3 is 0 Å². The molecule has 5 aliphatic rings. The number of nitrogens with zero attached hydrogens (tertiary/aromatic N) is 1. The van der Waals surface area contributed by atoms with E-state index in [2.05, 4.69) is 22.1 Å². The summed E-state index contributed by atoms with van der Waals surface area (Å²) < 4.78 is 0. The number of carbonyl (C=O) groups is 1. The molecular weight excluding hydrogens is 362 g/mol. The van der Waals surface area contributed by atoms with Crippen LogP contribution in [0.15, 0.2) is 16.9 Å². The first-order valence-electron chi connectivity index (χ1n) is 11.8. The van der Waals surface area contributed by atoms with Gasteiger partial charge in [-0.05, 0) is 99.1 Å². The first kappa shape index (κ1) is 19.3. The summed E-state index contributed by atoms with van der Waals surface area (Å²) in [7, 11) is 0. The number of hydrogen-bond donors (Lipinski definition) is 2. The summed E-state index contributed by atoms with van der Waals surface area (Å²) in [6.45, 7) is 5.94. The Hall–Kier alpha value is -1.62. The summed E-state index contributed by atoms with van der Waals surface area (Å²) in [5, 5.41) is 3.11. The van der Waals surface area contributed by atoms with Crippen molar-refractivity contribution < 1.29 is 4.79 Å². The standard InChI is InChI=1S/C24H35N3O2/c1-15-3-2-6-27(13-15)14-20-4-5-21(24(29)26-20)23(28)25-12-22-18-8-16-7-17(10-18)11-19(22)9-16/h4-5,15-19,22H,2-3,6-14H2,1H3,(H,25,28)(H,26,29). The van der Waals surface area contributed by atoms with Crippen molar-refractivity contribution in [1.29, 1.82) is 0 Å². The second-order valence-electron chi connectivity index (χ2n) is 10.5. The average Bonchev–Trinajstić information content (AvgIpc) is 2.67. The van der Waals surface area contributed by atoms with Crippen LogP contribution in [0.2, 0.25) is 0 Å². The summed E-state index contributed by atoms with van der Waals surface area (Å²) in [6.07, 6.45) is 9.39. The lowest BCUT2D eigenvalue weighted by Gasteiger charge is -2.54. The van der Waals surface area contributed by atoms with E-state index in [1.807, 2.05) is 6.07 Å². The first-order chi connectivity index (χ1) is 14.0. The molecule has 5 fully saturated rings. The lowest BCUT2D eigenvalue weighted by Crippen LogP contribution is -2.49. The number of nitrogens with one attached hydrogen (secondary N) is 2. The van der Waals surface area contributed by atoms with Gasteiger partial charge in [-0.15, -0.1) is 0 Å². The van der Waals surface area contributed by atoms with E-state index >= 15 is 0 Å². The molecule has 1 aromatic heterocycles. The lowest BCUT2D eigenvalue weighted by atomic mass is 9.52. The summed E-state index contributed by atoms with van der Waals surface area (Å²) in [4.78, 5) is 30.6. The third-order valence-electron chi connectivity index (χ3n) is 8.27. The Kier molecular flexibility index (Phi) is 5.27. The maximum atomic E-state index is 12.7. The van der Waals surface area contributed by atoms with Gasteiger partial charge in [0.25, 0.3) is 11.5 Å². The molecule has 1 saturated heterocycles. The maximum Gasteiger partial charge on any atom is 0.261 e. The van der Waals surface area contributed by atoms with Crippen LogP contribution in [-0.4, -0.2) is 35.4 Å². The number of likely N-dealkylation sites (tertiary alicyclic amines) is 1. The zero-order valence-corrected chi connectivity index (χ0v) is 17.7. The lowest BCUT2D eigenvalue weighted by molar-refractivity contribution is -0.0347. The molecule has 2 N–H and O–H groups in total. The number of pyridine rings is 1. The highest BCUT2D eigenvalue weighted by Gasteiger charge is 2.47. The molecule has 1 aliphatic heterocycles. The molecule has 4 bridgehead atoms. The third-order valence-corrected chi connectivity index (χ3v) is 8.27. The number of aromatic nitrogens is 1. The Bertz CT molecular complexity index is 789. The monoisotopic (exact) mass is 397 g/mol. The Morgan fingerprint density at radius 3 is 2.52 bits per heavy atom. The van der Waals surface area contributed by atoms with Gasteiger partial charge in [0.1, 0.15) is 5.56 Å². The number of carbonyl (C=O) groups excluding carboxylic acids is 1. The molecule has 0 radical (unpaired) electrons. The highest BCUT2D eigenvalue weighted by Crippen LogP contribution is 2.56. The van der Waals surface area contributed by atoms with Crippen molar-refractivity contribution in [3.63, 3.8) is 0 Å². The summed E-state index contributed by atoms with van der Waals surface area (Å²) in [5.74, 6) is 4.60. The molecule has 158 valence electrons. The summed E-state index contributed by atoms with van der Waals surface area (Å²) in [6, 6.07) is 3.63. The predicted molar refractivity (Wildman–Crippen MR) is 114 cm³/mol. The fourth-order valence-electron chi connectivity index (χ4n) is 7.13. The minimum atomic E-state index is -0.254. The third kappa shape index (κ3) is 4.03. The molecule has 2 heterocycles. The number of rotatable bonds is 5. The summed E-state index contributed by atoms with van der Waals surface area (Å²) in [5.41, 5.74) is 0.904. The van der Waals surface area contributed by atoms with Crippen LogP contribution in [0.3, 0.4) is 0 Å². The van der Waals surface area contributed by atoms with Crippen LogP contribution in [0.1, 0.15) is 67.9 Å². The minimum Gasteiger partial charge on any atom is -0.352 e. The van der Waals surface area contributed by atoms with Crippen molar-refractivity contribution in [2.24, 2.45) is 35.5 Å². The van der Waals surface area contributed by atoms with Crippen molar-refractivity contribution in [2.75, 3.05) is 19.6 Å². The molecule has 4 saturated carbocycles. The zero-order valence-electron chi connectivity index (χ0n) is 17.7. The summed E-state index contributed by atoms with van der Waals surface area (Å²) >= 11 is 0. The smallest absolute Gasteiger partial charge is 0.261 e. The Labute approximate surface area is 173 Å². The Morgan fingerprint density at radius 2 is 1.86 bits per heavy atom. The zero-order chi connectivity index (χ0) is 20.0. The topological polar surface area (TPSA) is 65.2 Å². The van der Waals surface area contributed by atoms with E-state index in [0.717, 1.165) is 55.5 Å². The van der Waals surface area contributed by atoms with Crippen LogP contribution in [0.4, 0.5) is 0 Å². The van der Waals surface area contributed by atoms with Crippen LogP contribution in [0.25, 0.3) is 0 Å². The maximum absolute atomic E-state index is 12.7. The number of hydrogen-bond acceptors (Lipinski definition) is 3. The van der Waals surface area contributed by atoms with Crippen LogP contribution >= 0.6 is 0 Å². The minimum absolute atomic E-state index is 0.210. The van der Waals surface area contributed by atoms with Gasteiger partial charge in [0, 0.05) is 25.3 Å². The van der Waals surface area contributed by atoms with Gasteiger partial charge < -0.3 is 10.3 Å². The van der Waals surface area contributed by atoms with E-state index in [0.29, 0.717) is 11.8 Å². The van der Waals surface area contributed by atoms with Gasteiger partial charge in [-0.25, -0.2) is 0 Å². The second-order valence-corrected chi connectivity index (χ2v) is 10.5. The van der Waals surface area contributed by atoms with Crippen LogP contribution in [0.5, 0.6) is 0 Å². The number of H-pyrrole nitrogens is 1. The SMILES string of the molecule is CC1CCCN(Cc2ccc(C(=O)NCC3C4CC5CC(C4)CC3C5)c(=O)[nH]2)C1. The van der Waals surface area contributed by atoms with Gasteiger partial charge in [-0.3, -0.25) is 14.5 Å². The van der Waals surface area contributed by atoms with Gasteiger partial charge in [-0.1, -0.05) is 6.92 Å². The quantitative estimate of drug-likeness (QED) is 0.800. The van der Waals surface area contributed by atoms with E-state index in [4.69, 9.17) is 0 Å². The van der Waals surface area contributed by atoms with Gasteiger partial charge in [0.2, 0.25) is 0 Å². The van der Waals surface area contributed by atoms with E-state index in [1.165, 1.54) is 44.9 Å². The van der Waals surface area contributed by atoms with Crippen molar-refractivity contribution in [3.05, 3.63) is 33.7 Å². The largest absolute Gasteiger partial charge is 0.352 e.